The van der Waals surface area contributed by atoms with Gasteiger partial charge in [-0.1, -0.05) is 42.1 Å². The molecule has 140 valence electrons. The molecule has 0 unspecified atom stereocenters. The maximum Gasteiger partial charge on any atom is 0.191 e. The minimum Gasteiger partial charge on any atom is -0.494 e. The Morgan fingerprint density at radius 2 is 1.93 bits per heavy atom. The van der Waals surface area contributed by atoms with Gasteiger partial charge < -0.3 is 9.30 Å². The first-order chi connectivity index (χ1) is 13.1. The number of aryl methyl sites for hydroxylation is 1. The topological polar surface area (TPSA) is 57.0 Å². The summed E-state index contributed by atoms with van der Waals surface area (Å²) in [5.74, 6) is 2.39. The van der Waals surface area contributed by atoms with Gasteiger partial charge in [-0.3, -0.25) is 4.79 Å². The van der Waals surface area contributed by atoms with Gasteiger partial charge >= 0.3 is 0 Å². The molecule has 0 saturated heterocycles. The Hall–Kier alpha value is -2.60. The Labute approximate surface area is 163 Å². The van der Waals surface area contributed by atoms with Gasteiger partial charge in [0.1, 0.15) is 11.6 Å². The average Bonchev–Trinajstić information content (AvgIpc) is 3.01. The fraction of sp³-hybridized carbons (Fsp3) is 0.286. The maximum atomic E-state index is 11.7. The molecule has 0 amide bonds. The molecular formula is C21H23N3O2S. The third-order valence-electron chi connectivity index (χ3n) is 4.21. The molecule has 5 nitrogen and oxygen atoms in total. The largest absolute Gasteiger partial charge is 0.494 e. The van der Waals surface area contributed by atoms with Crippen molar-refractivity contribution in [3.8, 4) is 5.75 Å². The average molecular weight is 382 g/mol. The first-order valence-corrected chi connectivity index (χ1v) is 9.90. The quantitative estimate of drug-likeness (QED) is 0.424. The molecule has 0 aliphatic rings. The van der Waals surface area contributed by atoms with Gasteiger partial charge in [-0.2, -0.15) is 0 Å². The molecule has 0 bridgehead atoms. The van der Waals surface area contributed by atoms with Crippen molar-refractivity contribution < 1.29 is 9.53 Å². The van der Waals surface area contributed by atoms with Crippen LogP contribution in [0.25, 0.3) is 0 Å². The molecule has 6 heteroatoms. The molecule has 0 atom stereocenters. The van der Waals surface area contributed by atoms with Crippen LogP contribution in [0.5, 0.6) is 5.75 Å². The van der Waals surface area contributed by atoms with Gasteiger partial charge in [0.15, 0.2) is 10.9 Å². The van der Waals surface area contributed by atoms with E-state index in [4.69, 9.17) is 4.74 Å². The number of carbonyl (C=O) groups is 1. The molecule has 2 aromatic carbocycles. The van der Waals surface area contributed by atoms with E-state index in [2.05, 4.69) is 26.9 Å². The van der Waals surface area contributed by atoms with Crippen LogP contribution >= 0.6 is 11.8 Å². The molecule has 0 spiro atoms. The SMILES string of the molecule is CCOc1ccc(C(C)=O)cc1CSc1nnc(C)n1Cc1ccccc1. The number of hydrogen-bond donors (Lipinski definition) is 0. The minimum atomic E-state index is 0.0485. The van der Waals surface area contributed by atoms with Gasteiger partial charge in [0.2, 0.25) is 0 Å². The van der Waals surface area contributed by atoms with Crippen LogP contribution < -0.4 is 4.74 Å². The summed E-state index contributed by atoms with van der Waals surface area (Å²) in [5.41, 5.74) is 2.88. The monoisotopic (exact) mass is 381 g/mol. The van der Waals surface area contributed by atoms with E-state index in [-0.39, 0.29) is 5.78 Å². The Balaban J connectivity index is 1.81. The molecule has 0 radical (unpaired) electrons. The smallest absolute Gasteiger partial charge is 0.191 e. The van der Waals surface area contributed by atoms with Crippen LogP contribution in [-0.4, -0.2) is 27.2 Å². The van der Waals surface area contributed by atoms with E-state index in [0.29, 0.717) is 17.9 Å². The van der Waals surface area contributed by atoms with Crippen molar-refractivity contribution in [1.29, 1.82) is 0 Å². The van der Waals surface area contributed by atoms with Crippen LogP contribution in [-0.2, 0) is 12.3 Å². The summed E-state index contributed by atoms with van der Waals surface area (Å²) in [7, 11) is 0. The number of rotatable bonds is 8. The van der Waals surface area contributed by atoms with E-state index in [1.165, 1.54) is 5.56 Å². The van der Waals surface area contributed by atoms with E-state index >= 15 is 0 Å². The second-order valence-electron chi connectivity index (χ2n) is 6.20. The third-order valence-corrected chi connectivity index (χ3v) is 5.22. The van der Waals surface area contributed by atoms with Gasteiger partial charge in [0, 0.05) is 16.9 Å². The highest BCUT2D eigenvalue weighted by Gasteiger charge is 2.13. The lowest BCUT2D eigenvalue weighted by Gasteiger charge is -2.12. The highest BCUT2D eigenvalue weighted by molar-refractivity contribution is 7.98. The number of ketones is 1. The predicted octanol–water partition coefficient (Wildman–Crippen LogP) is 4.53. The zero-order chi connectivity index (χ0) is 19.2. The summed E-state index contributed by atoms with van der Waals surface area (Å²) in [6.07, 6.45) is 0. The molecular weight excluding hydrogens is 358 g/mol. The van der Waals surface area contributed by atoms with Gasteiger partial charge in [0.25, 0.3) is 0 Å². The number of thioether (sulfide) groups is 1. The van der Waals surface area contributed by atoms with Crippen LogP contribution in [0, 0.1) is 6.92 Å². The van der Waals surface area contributed by atoms with Crippen molar-refractivity contribution in [1.82, 2.24) is 14.8 Å². The van der Waals surface area contributed by atoms with Gasteiger partial charge in [-0.05, 0) is 44.5 Å². The van der Waals surface area contributed by atoms with E-state index in [1.807, 2.05) is 50.2 Å². The molecule has 1 heterocycles. The standard InChI is InChI=1S/C21H23N3O2S/c1-4-26-20-11-10-18(15(2)25)12-19(20)14-27-21-23-22-16(3)24(21)13-17-8-6-5-7-9-17/h5-12H,4,13-14H2,1-3H3. The number of benzene rings is 2. The lowest BCUT2D eigenvalue weighted by molar-refractivity contribution is 0.101. The molecule has 0 N–H and O–H groups in total. The van der Waals surface area contributed by atoms with Crippen LogP contribution in [0.4, 0.5) is 0 Å². The fourth-order valence-corrected chi connectivity index (χ4v) is 3.73. The van der Waals surface area contributed by atoms with Crippen molar-refractivity contribution in [3.05, 3.63) is 71.0 Å². The summed E-state index contributed by atoms with van der Waals surface area (Å²) in [6, 6.07) is 15.8. The second kappa shape index (κ2) is 8.86. The molecule has 0 aliphatic carbocycles. The Bertz CT molecular complexity index is 922. The number of nitrogens with zero attached hydrogens (tertiary/aromatic N) is 3. The van der Waals surface area contributed by atoms with Crippen molar-refractivity contribution in [3.63, 3.8) is 0 Å². The van der Waals surface area contributed by atoms with Gasteiger partial charge in [0.05, 0.1) is 13.2 Å². The zero-order valence-electron chi connectivity index (χ0n) is 15.8. The van der Waals surface area contributed by atoms with Crippen LogP contribution in [0.15, 0.2) is 53.7 Å². The molecule has 0 saturated carbocycles. The Morgan fingerprint density at radius 3 is 2.63 bits per heavy atom. The zero-order valence-corrected chi connectivity index (χ0v) is 16.6. The lowest BCUT2D eigenvalue weighted by atomic mass is 10.1. The van der Waals surface area contributed by atoms with Crippen molar-refractivity contribution >= 4 is 17.5 Å². The van der Waals surface area contributed by atoms with Crippen molar-refractivity contribution in [2.75, 3.05) is 6.61 Å². The highest BCUT2D eigenvalue weighted by atomic mass is 32.2. The Morgan fingerprint density at radius 1 is 1.15 bits per heavy atom. The molecule has 27 heavy (non-hydrogen) atoms. The number of hydrogen-bond acceptors (Lipinski definition) is 5. The molecule has 0 aliphatic heterocycles. The summed E-state index contributed by atoms with van der Waals surface area (Å²) < 4.78 is 7.83. The van der Waals surface area contributed by atoms with Crippen LogP contribution in [0.3, 0.4) is 0 Å². The van der Waals surface area contributed by atoms with Crippen LogP contribution in [0.1, 0.15) is 41.2 Å². The minimum absolute atomic E-state index is 0.0485. The molecule has 1 aromatic heterocycles. The van der Waals surface area contributed by atoms with Crippen LogP contribution in [0.2, 0.25) is 0 Å². The molecule has 3 rings (SSSR count). The normalized spacial score (nSPS) is 10.8. The van der Waals surface area contributed by atoms with E-state index < -0.39 is 0 Å². The Kier molecular flexibility index (Phi) is 6.29. The number of Topliss-reactive ketones (excluding diaryl/α,β-unsaturated/α-hetero) is 1. The second-order valence-corrected chi connectivity index (χ2v) is 7.14. The van der Waals surface area contributed by atoms with E-state index in [1.54, 1.807) is 18.7 Å². The van der Waals surface area contributed by atoms with Gasteiger partial charge in [-0.25, -0.2) is 0 Å². The van der Waals surface area contributed by atoms with Crippen molar-refractivity contribution in [2.24, 2.45) is 0 Å². The first kappa shape index (κ1) is 19.2. The van der Waals surface area contributed by atoms with E-state index in [0.717, 1.165) is 28.8 Å². The lowest BCUT2D eigenvalue weighted by Crippen LogP contribution is -2.04. The predicted molar refractivity (Wildman–Crippen MR) is 107 cm³/mol. The number of aromatic nitrogens is 3. The number of ether oxygens (including phenoxy) is 1. The summed E-state index contributed by atoms with van der Waals surface area (Å²) >= 11 is 1.60. The third kappa shape index (κ3) is 4.77. The fourth-order valence-electron chi connectivity index (χ4n) is 2.77. The molecule has 0 fully saturated rings. The highest BCUT2D eigenvalue weighted by Crippen LogP contribution is 2.29. The first-order valence-electron chi connectivity index (χ1n) is 8.91. The number of carbonyl (C=O) groups excluding carboxylic acids is 1. The summed E-state index contributed by atoms with van der Waals surface area (Å²) in [5, 5.41) is 9.42. The summed E-state index contributed by atoms with van der Waals surface area (Å²) in [4.78, 5) is 11.7. The van der Waals surface area contributed by atoms with E-state index in [9.17, 15) is 4.79 Å². The van der Waals surface area contributed by atoms with Crippen molar-refractivity contribution in [2.45, 2.75) is 38.2 Å². The molecule has 3 aromatic rings. The maximum absolute atomic E-state index is 11.7. The van der Waals surface area contributed by atoms with Gasteiger partial charge in [-0.15, -0.1) is 10.2 Å². The summed E-state index contributed by atoms with van der Waals surface area (Å²) in [6.45, 7) is 6.80.